The van der Waals surface area contributed by atoms with Crippen molar-refractivity contribution in [1.29, 1.82) is 0 Å². The maximum absolute atomic E-state index is 11.1. The van der Waals surface area contributed by atoms with Crippen LogP contribution < -0.4 is 18.9 Å². The summed E-state index contributed by atoms with van der Waals surface area (Å²) in [4.78, 5) is 27.2. The summed E-state index contributed by atoms with van der Waals surface area (Å²) in [7, 11) is 0. The second kappa shape index (κ2) is 22.0. The number of nitrogens with zero attached hydrogens (tertiary/aromatic N) is 2. The summed E-state index contributed by atoms with van der Waals surface area (Å²) in [6, 6.07) is 31.7. The van der Waals surface area contributed by atoms with Gasteiger partial charge in [-0.05, 0) is 120 Å². The molecule has 0 saturated heterocycles. The monoisotopic (exact) mass is 772 g/mol. The number of hydrogen-bond donors (Lipinski definition) is 1. The van der Waals surface area contributed by atoms with Gasteiger partial charge in [-0.15, -0.1) is 0 Å². The number of esters is 2. The Hall–Kier alpha value is -6.76. The largest absolute Gasteiger partial charge is 0.494 e. The SMILES string of the molecule is C=CC(=O)OCCCCOc1ccc(C(OO)c2ccc3cc(/C=N/N=C/c4ccc(Oc5ccc(OCCOC(=O)C=C)cc5)c(OCC)c4)ccc3c2)cc1. The van der Waals surface area contributed by atoms with Crippen molar-refractivity contribution in [3.63, 3.8) is 0 Å². The van der Waals surface area contributed by atoms with Crippen molar-refractivity contribution < 1.29 is 48.2 Å². The fourth-order valence-electron chi connectivity index (χ4n) is 5.45. The lowest BCUT2D eigenvalue weighted by atomic mass is 9.97. The molecule has 0 saturated carbocycles. The Morgan fingerprint density at radius 1 is 0.614 bits per heavy atom. The zero-order valence-electron chi connectivity index (χ0n) is 31.6. The van der Waals surface area contributed by atoms with Crippen LogP contribution in [0.3, 0.4) is 0 Å². The van der Waals surface area contributed by atoms with Crippen LogP contribution in [0.1, 0.15) is 48.1 Å². The van der Waals surface area contributed by atoms with Crippen molar-refractivity contribution in [2.75, 3.05) is 33.0 Å². The molecule has 0 amide bonds. The van der Waals surface area contributed by atoms with E-state index in [0.717, 1.165) is 51.6 Å². The van der Waals surface area contributed by atoms with Gasteiger partial charge < -0.3 is 28.4 Å². The van der Waals surface area contributed by atoms with Crippen LogP contribution in [0, 0.1) is 0 Å². The zero-order valence-corrected chi connectivity index (χ0v) is 31.6. The Labute approximate surface area is 331 Å². The second-order valence-corrected chi connectivity index (χ2v) is 12.3. The molecule has 0 bridgehead atoms. The fraction of sp³-hybridized carbons (Fsp3) is 0.200. The second-order valence-electron chi connectivity index (χ2n) is 12.3. The van der Waals surface area contributed by atoms with E-state index >= 15 is 0 Å². The molecule has 5 aromatic carbocycles. The van der Waals surface area contributed by atoms with Crippen LogP contribution in [0.15, 0.2) is 139 Å². The molecule has 1 unspecified atom stereocenters. The zero-order chi connectivity index (χ0) is 40.2. The van der Waals surface area contributed by atoms with Gasteiger partial charge in [-0.25, -0.2) is 14.5 Å². The van der Waals surface area contributed by atoms with E-state index < -0.39 is 18.0 Å². The minimum absolute atomic E-state index is 0.120. The highest BCUT2D eigenvalue weighted by molar-refractivity contribution is 5.91. The van der Waals surface area contributed by atoms with Crippen molar-refractivity contribution in [3.05, 3.63) is 151 Å². The Morgan fingerprint density at radius 3 is 1.86 bits per heavy atom. The Balaban J connectivity index is 1.14. The van der Waals surface area contributed by atoms with E-state index in [1.54, 1.807) is 42.8 Å². The quantitative estimate of drug-likeness (QED) is 0.0181. The van der Waals surface area contributed by atoms with Crippen LogP contribution >= 0.6 is 0 Å². The molecule has 0 aliphatic rings. The van der Waals surface area contributed by atoms with Gasteiger partial charge >= 0.3 is 11.9 Å². The summed E-state index contributed by atoms with van der Waals surface area (Å²) in [6.45, 7) is 10.2. The number of carbonyl (C=O) groups is 2. The molecule has 0 aromatic heterocycles. The average Bonchev–Trinajstić information content (AvgIpc) is 3.24. The van der Waals surface area contributed by atoms with Gasteiger partial charge in [0.15, 0.2) is 11.5 Å². The number of carbonyl (C=O) groups excluding carboxylic acids is 2. The van der Waals surface area contributed by atoms with Crippen molar-refractivity contribution in [2.45, 2.75) is 25.9 Å². The van der Waals surface area contributed by atoms with Gasteiger partial charge in [0.2, 0.25) is 0 Å². The van der Waals surface area contributed by atoms with Gasteiger partial charge in [-0.1, -0.05) is 49.6 Å². The lowest BCUT2D eigenvalue weighted by Crippen LogP contribution is -2.10. The van der Waals surface area contributed by atoms with Crippen molar-refractivity contribution >= 4 is 35.1 Å². The number of unbranched alkanes of at least 4 members (excludes halogenated alkanes) is 1. The van der Waals surface area contributed by atoms with E-state index in [0.29, 0.717) is 55.0 Å². The minimum atomic E-state index is -0.691. The third kappa shape index (κ3) is 12.9. The third-order valence-electron chi connectivity index (χ3n) is 8.26. The standard InChI is InChI=1S/C45H44N2O10/c1-4-43(48)54-24-8-7-23-52-38-16-14-34(15-17-38)45(57-50)37-13-12-35-27-32(9-11-36(35)29-37)30-46-47-31-33-10-22-41(42(28-33)51-6-3)56-40-20-18-39(19-21-40)53-25-26-55-44(49)5-2/h4-5,9-22,27-31,45,50H,1-2,6-8,23-26H2,3H3/b46-30+,47-31+. The Morgan fingerprint density at radius 2 is 1.18 bits per heavy atom. The highest BCUT2D eigenvalue weighted by Gasteiger charge is 2.16. The molecular formula is C45H44N2O10. The predicted octanol–water partition coefficient (Wildman–Crippen LogP) is 9.06. The molecule has 12 heteroatoms. The molecule has 0 aliphatic heterocycles. The van der Waals surface area contributed by atoms with Crippen LogP contribution in [-0.2, 0) is 24.0 Å². The molecule has 0 radical (unpaired) electrons. The summed E-state index contributed by atoms with van der Waals surface area (Å²) in [5.41, 5.74) is 3.19. The average molecular weight is 773 g/mol. The van der Waals surface area contributed by atoms with Crippen LogP contribution in [0.5, 0.6) is 28.7 Å². The maximum Gasteiger partial charge on any atom is 0.330 e. The number of hydrogen-bond acceptors (Lipinski definition) is 12. The van der Waals surface area contributed by atoms with Crippen molar-refractivity contribution in [3.8, 4) is 28.7 Å². The summed E-state index contributed by atoms with van der Waals surface area (Å²) < 4.78 is 33.2. The van der Waals surface area contributed by atoms with Crippen LogP contribution in [0.4, 0.5) is 0 Å². The first-order chi connectivity index (χ1) is 27.9. The van der Waals surface area contributed by atoms with Gasteiger partial charge in [-0.3, -0.25) is 5.26 Å². The minimum Gasteiger partial charge on any atom is -0.494 e. The summed E-state index contributed by atoms with van der Waals surface area (Å²) in [6.07, 6.45) is 6.27. The van der Waals surface area contributed by atoms with E-state index in [9.17, 15) is 14.8 Å². The Bertz CT molecular complexity index is 2160. The van der Waals surface area contributed by atoms with Crippen LogP contribution in [-0.4, -0.2) is 62.7 Å². The molecular weight excluding hydrogens is 728 g/mol. The van der Waals surface area contributed by atoms with Gasteiger partial charge in [0, 0.05) is 12.2 Å². The normalized spacial score (nSPS) is 11.6. The molecule has 57 heavy (non-hydrogen) atoms. The van der Waals surface area contributed by atoms with E-state index in [1.807, 2.05) is 79.7 Å². The lowest BCUT2D eigenvalue weighted by molar-refractivity contribution is -0.270. The van der Waals surface area contributed by atoms with Crippen LogP contribution in [0.2, 0.25) is 0 Å². The number of fused-ring (bicyclic) bond motifs is 1. The smallest absolute Gasteiger partial charge is 0.330 e. The van der Waals surface area contributed by atoms with Gasteiger partial charge in [0.25, 0.3) is 0 Å². The molecule has 0 aliphatic carbocycles. The molecule has 0 heterocycles. The third-order valence-corrected chi connectivity index (χ3v) is 8.26. The first kappa shape index (κ1) is 41.4. The fourth-order valence-corrected chi connectivity index (χ4v) is 5.45. The summed E-state index contributed by atoms with van der Waals surface area (Å²) in [5, 5.41) is 20.3. The predicted molar refractivity (Wildman–Crippen MR) is 218 cm³/mol. The molecule has 5 rings (SSSR count). The summed E-state index contributed by atoms with van der Waals surface area (Å²) in [5.74, 6) is 2.05. The molecule has 1 atom stereocenters. The molecule has 0 spiro atoms. The highest BCUT2D eigenvalue weighted by atomic mass is 17.1. The van der Waals surface area contributed by atoms with Gasteiger partial charge in [-0.2, -0.15) is 10.2 Å². The molecule has 294 valence electrons. The van der Waals surface area contributed by atoms with E-state index in [1.165, 1.54) is 0 Å². The molecule has 12 nitrogen and oxygen atoms in total. The first-order valence-electron chi connectivity index (χ1n) is 18.3. The lowest BCUT2D eigenvalue weighted by Gasteiger charge is -2.16. The first-order valence-corrected chi connectivity index (χ1v) is 18.3. The molecule has 5 aromatic rings. The maximum atomic E-state index is 11.1. The number of benzene rings is 5. The van der Waals surface area contributed by atoms with Gasteiger partial charge in [0.05, 0.1) is 32.2 Å². The molecule has 0 fully saturated rings. The highest BCUT2D eigenvalue weighted by Crippen LogP contribution is 2.33. The Kier molecular flexibility index (Phi) is 15.9. The van der Waals surface area contributed by atoms with Crippen LogP contribution in [0.25, 0.3) is 10.8 Å². The van der Waals surface area contributed by atoms with E-state index in [4.69, 9.17) is 33.3 Å². The number of ether oxygens (including phenoxy) is 6. The van der Waals surface area contributed by atoms with Gasteiger partial charge in [0.1, 0.15) is 36.6 Å². The van der Waals surface area contributed by atoms with Crippen molar-refractivity contribution in [1.82, 2.24) is 0 Å². The van der Waals surface area contributed by atoms with E-state index in [2.05, 4.69) is 23.4 Å². The summed E-state index contributed by atoms with van der Waals surface area (Å²) >= 11 is 0. The topological polar surface area (TPSA) is 144 Å². The number of rotatable bonds is 22. The van der Waals surface area contributed by atoms with Crippen molar-refractivity contribution in [2.24, 2.45) is 10.2 Å². The molecule has 1 N–H and O–H groups in total. The van der Waals surface area contributed by atoms with E-state index in [-0.39, 0.29) is 13.2 Å².